The summed E-state index contributed by atoms with van der Waals surface area (Å²) in [6.45, 7) is 10.9. The highest BCUT2D eigenvalue weighted by Gasteiger charge is 1.95. The molecule has 0 spiro atoms. The van der Waals surface area contributed by atoms with Gasteiger partial charge in [0.05, 0.1) is 5.70 Å². The Bertz CT molecular complexity index is 190. The zero-order valence-corrected chi connectivity index (χ0v) is 7.12. The van der Waals surface area contributed by atoms with Crippen LogP contribution in [0.25, 0.3) is 0 Å². The molecule has 2 nitrogen and oxygen atoms in total. The third-order valence-corrected chi connectivity index (χ3v) is 1.21. The fourth-order valence-corrected chi connectivity index (χ4v) is 0.700. The molecule has 0 rings (SSSR count). The lowest BCUT2D eigenvalue weighted by atomic mass is 10.4. The lowest BCUT2D eigenvalue weighted by molar-refractivity contribution is 0.517. The van der Waals surface area contributed by atoms with E-state index in [0.717, 1.165) is 5.70 Å². The summed E-state index contributed by atoms with van der Waals surface area (Å²) in [7, 11) is 0. The first-order chi connectivity index (χ1) is 5.29. The third-order valence-electron chi connectivity index (χ3n) is 1.21. The van der Waals surface area contributed by atoms with Gasteiger partial charge in [0, 0.05) is 12.9 Å². The summed E-state index contributed by atoms with van der Waals surface area (Å²) in [5.41, 5.74) is 0.929. The predicted molar refractivity (Wildman–Crippen MR) is 50.2 cm³/mol. The van der Waals surface area contributed by atoms with Crippen LogP contribution in [0.4, 0.5) is 0 Å². The topological polar surface area (TPSA) is 15.6 Å². The second-order valence-corrected chi connectivity index (χ2v) is 1.89. The summed E-state index contributed by atoms with van der Waals surface area (Å²) in [5, 5.41) is 5.44. The summed E-state index contributed by atoms with van der Waals surface area (Å²) in [4.78, 5) is 0. The van der Waals surface area contributed by atoms with Gasteiger partial charge in [0.25, 0.3) is 0 Å². The van der Waals surface area contributed by atoms with Crippen molar-refractivity contribution < 1.29 is 0 Å². The number of allylic oxidation sites excluding steroid dienone is 3. The number of nitrogens with zero attached hydrogens (tertiary/aromatic N) is 2. The molecule has 0 aromatic rings. The van der Waals surface area contributed by atoms with Gasteiger partial charge < -0.3 is 0 Å². The first-order valence-electron chi connectivity index (χ1n) is 3.47. The van der Waals surface area contributed by atoms with Crippen molar-refractivity contribution in [2.45, 2.75) is 13.8 Å². The molecule has 0 fully saturated rings. The third kappa shape index (κ3) is 2.85. The molecule has 0 saturated carbocycles. The van der Waals surface area contributed by atoms with E-state index in [2.05, 4.69) is 18.4 Å². The molecular formula is C9H14N2. The van der Waals surface area contributed by atoms with Crippen molar-refractivity contribution in [3.63, 3.8) is 0 Å². The van der Waals surface area contributed by atoms with Crippen LogP contribution in [-0.2, 0) is 0 Å². The smallest absolute Gasteiger partial charge is 0.0596 e. The van der Waals surface area contributed by atoms with Crippen molar-refractivity contribution in [3.8, 4) is 0 Å². The molecule has 0 aliphatic carbocycles. The Hall–Kier alpha value is -1.31. The van der Waals surface area contributed by atoms with E-state index in [9.17, 15) is 0 Å². The number of hydrogen-bond donors (Lipinski definition) is 0. The van der Waals surface area contributed by atoms with E-state index >= 15 is 0 Å². The molecule has 0 amide bonds. The molecule has 0 radical (unpaired) electrons. The number of hydrazone groups is 1. The van der Waals surface area contributed by atoms with E-state index in [1.165, 1.54) is 0 Å². The quantitative estimate of drug-likeness (QED) is 0.341. The average Bonchev–Trinajstić information content (AvgIpc) is 2.05. The van der Waals surface area contributed by atoms with Crippen LogP contribution in [0.5, 0.6) is 0 Å². The van der Waals surface area contributed by atoms with Crippen LogP contribution in [0, 0.1) is 0 Å². The van der Waals surface area contributed by atoms with Crippen LogP contribution < -0.4 is 0 Å². The first-order valence-corrected chi connectivity index (χ1v) is 3.47. The molecule has 0 aromatic carbocycles. The van der Waals surface area contributed by atoms with Gasteiger partial charge in [0.15, 0.2) is 0 Å². The molecule has 0 atom stereocenters. The van der Waals surface area contributed by atoms with E-state index in [-0.39, 0.29) is 0 Å². The summed E-state index contributed by atoms with van der Waals surface area (Å²) in [6.07, 6.45) is 7.36. The Labute approximate surface area is 68.2 Å². The van der Waals surface area contributed by atoms with E-state index in [1.807, 2.05) is 32.2 Å². The Kier molecular flexibility index (Phi) is 4.82. The lowest BCUT2D eigenvalue weighted by Crippen LogP contribution is -2.05. The second-order valence-electron chi connectivity index (χ2n) is 1.89. The van der Waals surface area contributed by atoms with Gasteiger partial charge in [0.2, 0.25) is 0 Å². The summed E-state index contributed by atoms with van der Waals surface area (Å²) in [5.74, 6) is 0. The molecule has 2 heteroatoms. The highest BCUT2D eigenvalue weighted by Crippen LogP contribution is 2.05. The summed E-state index contributed by atoms with van der Waals surface area (Å²) >= 11 is 0. The van der Waals surface area contributed by atoms with Crippen molar-refractivity contribution in [3.05, 3.63) is 36.7 Å². The molecule has 0 bridgehead atoms. The van der Waals surface area contributed by atoms with E-state index in [4.69, 9.17) is 0 Å². The molecule has 11 heavy (non-hydrogen) atoms. The maximum atomic E-state index is 3.78. The first kappa shape index (κ1) is 9.69. The fourth-order valence-electron chi connectivity index (χ4n) is 0.700. The highest BCUT2D eigenvalue weighted by molar-refractivity contribution is 5.26. The monoisotopic (exact) mass is 150 g/mol. The van der Waals surface area contributed by atoms with Crippen LogP contribution in [0.15, 0.2) is 41.8 Å². The standard InChI is InChI=1S/C9H14N2/c1-5-8-11(10-4)9(6-2)7-3/h5-8H,2,4H2,1,3H3/b8-5-,9-7-. The molecule has 0 N–H and O–H groups in total. The molecule has 0 aliphatic rings. The van der Waals surface area contributed by atoms with Crippen LogP contribution in [-0.4, -0.2) is 11.7 Å². The predicted octanol–water partition coefficient (Wildman–Crippen LogP) is 2.53. The van der Waals surface area contributed by atoms with Crippen LogP contribution in [0.2, 0.25) is 0 Å². The van der Waals surface area contributed by atoms with Gasteiger partial charge in [-0.25, -0.2) is 5.01 Å². The zero-order valence-electron chi connectivity index (χ0n) is 7.12. The molecule has 0 unspecified atom stereocenters. The molecule has 0 heterocycles. The zero-order chi connectivity index (χ0) is 8.69. The molecule has 0 aromatic heterocycles. The van der Waals surface area contributed by atoms with Crippen LogP contribution in [0.3, 0.4) is 0 Å². The highest BCUT2D eigenvalue weighted by atomic mass is 15.4. The van der Waals surface area contributed by atoms with Crippen LogP contribution in [0.1, 0.15) is 13.8 Å². The minimum absolute atomic E-state index is 0.929. The Balaban J connectivity index is 4.46. The van der Waals surface area contributed by atoms with Crippen molar-refractivity contribution in [2.75, 3.05) is 0 Å². The Morgan fingerprint density at radius 2 is 2.09 bits per heavy atom. The second kappa shape index (κ2) is 5.47. The SMILES string of the molecule is C=C/C(=C/C)N(/C=C\C)N=C. The number of rotatable bonds is 4. The maximum Gasteiger partial charge on any atom is 0.0596 e. The summed E-state index contributed by atoms with van der Waals surface area (Å²) < 4.78 is 0. The van der Waals surface area contributed by atoms with Gasteiger partial charge in [-0.05, 0) is 19.9 Å². The fraction of sp³-hybridized carbons (Fsp3) is 0.222. The minimum atomic E-state index is 0.929. The largest absolute Gasteiger partial charge is 0.242 e. The molecule has 0 aliphatic heterocycles. The van der Waals surface area contributed by atoms with Gasteiger partial charge >= 0.3 is 0 Å². The normalized spacial score (nSPS) is 11.6. The van der Waals surface area contributed by atoms with Crippen LogP contribution >= 0.6 is 0 Å². The van der Waals surface area contributed by atoms with E-state index < -0.39 is 0 Å². The van der Waals surface area contributed by atoms with Gasteiger partial charge in [-0.2, -0.15) is 5.10 Å². The Morgan fingerprint density at radius 3 is 2.36 bits per heavy atom. The van der Waals surface area contributed by atoms with Gasteiger partial charge in [0.1, 0.15) is 0 Å². The van der Waals surface area contributed by atoms with Crippen molar-refractivity contribution in [1.82, 2.24) is 5.01 Å². The van der Waals surface area contributed by atoms with Crippen molar-refractivity contribution >= 4 is 6.72 Å². The van der Waals surface area contributed by atoms with Crippen molar-refractivity contribution in [2.24, 2.45) is 5.10 Å². The molecule has 0 saturated heterocycles. The number of hydrogen-bond acceptors (Lipinski definition) is 2. The van der Waals surface area contributed by atoms with Gasteiger partial charge in [-0.15, -0.1) is 0 Å². The molecule has 60 valence electrons. The minimum Gasteiger partial charge on any atom is -0.242 e. The lowest BCUT2D eigenvalue weighted by Gasteiger charge is -2.13. The Morgan fingerprint density at radius 1 is 1.45 bits per heavy atom. The molecular weight excluding hydrogens is 136 g/mol. The van der Waals surface area contributed by atoms with Crippen molar-refractivity contribution in [1.29, 1.82) is 0 Å². The van der Waals surface area contributed by atoms with E-state index in [1.54, 1.807) is 11.1 Å². The average molecular weight is 150 g/mol. The van der Waals surface area contributed by atoms with Gasteiger partial charge in [-0.3, -0.25) is 0 Å². The summed E-state index contributed by atoms with van der Waals surface area (Å²) in [6, 6.07) is 0. The van der Waals surface area contributed by atoms with E-state index in [0.29, 0.717) is 0 Å². The maximum absolute atomic E-state index is 3.78. The van der Waals surface area contributed by atoms with Gasteiger partial charge in [-0.1, -0.05) is 18.7 Å².